The molecule has 0 aliphatic heterocycles. The Balaban J connectivity index is 1.61. The van der Waals surface area contributed by atoms with E-state index in [2.05, 4.69) is 25.8 Å². The van der Waals surface area contributed by atoms with Crippen molar-refractivity contribution >= 4 is 28.4 Å². The normalized spacial score (nSPS) is 10.8. The summed E-state index contributed by atoms with van der Waals surface area (Å²) in [7, 11) is 4.88. The van der Waals surface area contributed by atoms with Crippen LogP contribution in [-0.2, 0) is 6.54 Å². The number of benzene rings is 2. The van der Waals surface area contributed by atoms with Crippen LogP contribution in [0.4, 0.5) is 10.2 Å². The van der Waals surface area contributed by atoms with Crippen molar-refractivity contribution in [2.45, 2.75) is 6.54 Å². The first-order valence-corrected chi connectivity index (χ1v) is 10.1. The quantitative estimate of drug-likeness (QED) is 0.466. The molecular weight excluding hydrogens is 427 g/mol. The molecule has 4 rings (SSSR count). The molecule has 4 aromatic rings. The van der Waals surface area contributed by atoms with Crippen molar-refractivity contribution in [1.82, 2.24) is 25.3 Å². The summed E-state index contributed by atoms with van der Waals surface area (Å²) in [5, 5.41) is 10.8. The molecule has 2 amide bonds. The van der Waals surface area contributed by atoms with E-state index in [-0.39, 0.29) is 30.0 Å². The number of carbonyl (C=O) groups is 2. The third kappa shape index (κ3) is 4.49. The second-order valence-corrected chi connectivity index (χ2v) is 7.44. The molecule has 9 nitrogen and oxygen atoms in total. The van der Waals surface area contributed by atoms with E-state index >= 15 is 0 Å². The van der Waals surface area contributed by atoms with Gasteiger partial charge in [-0.3, -0.25) is 9.59 Å². The molecule has 0 saturated carbocycles. The lowest BCUT2D eigenvalue weighted by Crippen LogP contribution is -2.24. The van der Waals surface area contributed by atoms with Crippen molar-refractivity contribution in [3.05, 3.63) is 71.8 Å². The number of carbonyl (C=O) groups excluding carboxylic acids is 2. The van der Waals surface area contributed by atoms with Gasteiger partial charge in [0.15, 0.2) is 5.82 Å². The van der Waals surface area contributed by atoms with Crippen molar-refractivity contribution in [2.75, 3.05) is 26.5 Å². The van der Waals surface area contributed by atoms with E-state index in [4.69, 9.17) is 4.52 Å². The number of nitrogens with one attached hydrogen (secondary N) is 2. The van der Waals surface area contributed by atoms with Crippen LogP contribution >= 0.6 is 0 Å². The minimum atomic E-state index is -0.424. The Bertz CT molecular complexity index is 1350. The number of nitrogens with zero attached hydrogens (tertiary/aromatic N) is 4. The zero-order chi connectivity index (χ0) is 23.5. The van der Waals surface area contributed by atoms with Gasteiger partial charge < -0.3 is 20.1 Å². The van der Waals surface area contributed by atoms with Crippen molar-refractivity contribution in [3.63, 3.8) is 0 Å². The maximum atomic E-state index is 13.7. The average molecular weight is 448 g/mol. The molecule has 0 atom stereocenters. The molecule has 10 heteroatoms. The number of amides is 2. The monoisotopic (exact) mass is 448 g/mol. The molecule has 33 heavy (non-hydrogen) atoms. The van der Waals surface area contributed by atoms with Gasteiger partial charge in [-0.2, -0.15) is 4.98 Å². The van der Waals surface area contributed by atoms with Crippen LogP contribution in [0.1, 0.15) is 26.9 Å². The van der Waals surface area contributed by atoms with Gasteiger partial charge in [0.05, 0.1) is 12.1 Å². The van der Waals surface area contributed by atoms with Crippen LogP contribution in [0.2, 0.25) is 0 Å². The summed E-state index contributed by atoms with van der Waals surface area (Å²) in [6.45, 7) is -0.0281. The van der Waals surface area contributed by atoms with Gasteiger partial charge in [0.25, 0.3) is 5.91 Å². The summed E-state index contributed by atoms with van der Waals surface area (Å²) in [5.41, 5.74) is 1.86. The van der Waals surface area contributed by atoms with Crippen LogP contribution in [0.3, 0.4) is 0 Å². The zero-order valence-electron chi connectivity index (χ0n) is 18.2. The Labute approximate surface area is 188 Å². The number of hydrogen-bond donors (Lipinski definition) is 2. The van der Waals surface area contributed by atoms with Crippen LogP contribution < -0.4 is 10.6 Å². The molecule has 0 spiro atoms. The Kier molecular flexibility index (Phi) is 5.99. The summed E-state index contributed by atoms with van der Waals surface area (Å²) in [6, 6.07) is 11.8. The van der Waals surface area contributed by atoms with Crippen LogP contribution in [0, 0.1) is 5.82 Å². The first-order valence-electron chi connectivity index (χ1n) is 10.1. The van der Waals surface area contributed by atoms with E-state index < -0.39 is 5.91 Å². The van der Waals surface area contributed by atoms with Gasteiger partial charge in [0.1, 0.15) is 11.6 Å². The topological polar surface area (TPSA) is 113 Å². The summed E-state index contributed by atoms with van der Waals surface area (Å²) in [6.07, 6.45) is 1.47. The lowest BCUT2D eigenvalue weighted by atomic mass is 9.99. The number of halogens is 1. The molecular formula is C23H21FN6O3. The second-order valence-electron chi connectivity index (χ2n) is 7.44. The molecule has 0 unspecified atom stereocenters. The number of rotatable bonds is 6. The number of aromatic nitrogens is 3. The molecule has 168 valence electrons. The van der Waals surface area contributed by atoms with Crippen LogP contribution in [0.5, 0.6) is 0 Å². The standard InChI is InChI=1S/C23H21FN6O3/c1-25-20-17-10-14(13-5-4-6-15(24)9-13)7-8-16(17)18(11-26-20)21(31)27-12-19-28-22(33-29-19)23(32)30(2)3/h4-11H,12H2,1-3H3,(H,25,26)(H,27,31). The van der Waals surface area contributed by atoms with Crippen LogP contribution in [0.15, 0.2) is 53.2 Å². The van der Waals surface area contributed by atoms with E-state index in [1.54, 1.807) is 33.3 Å². The predicted molar refractivity (Wildman–Crippen MR) is 120 cm³/mol. The van der Waals surface area contributed by atoms with Gasteiger partial charge in [-0.1, -0.05) is 29.4 Å². The van der Waals surface area contributed by atoms with Crippen molar-refractivity contribution in [3.8, 4) is 11.1 Å². The molecule has 0 radical (unpaired) electrons. The highest BCUT2D eigenvalue weighted by Gasteiger charge is 2.19. The Morgan fingerprint density at radius 3 is 2.61 bits per heavy atom. The Hall–Kier alpha value is -4.34. The third-order valence-electron chi connectivity index (χ3n) is 4.99. The number of anilines is 1. The highest BCUT2D eigenvalue weighted by atomic mass is 19.1. The Morgan fingerprint density at radius 2 is 1.88 bits per heavy atom. The maximum Gasteiger partial charge on any atom is 0.316 e. The fourth-order valence-corrected chi connectivity index (χ4v) is 3.33. The summed E-state index contributed by atoms with van der Waals surface area (Å²) < 4.78 is 18.6. The van der Waals surface area contributed by atoms with E-state index in [1.807, 2.05) is 18.2 Å². The van der Waals surface area contributed by atoms with Gasteiger partial charge >= 0.3 is 11.8 Å². The maximum absolute atomic E-state index is 13.7. The molecule has 0 aliphatic rings. The average Bonchev–Trinajstić information content (AvgIpc) is 3.29. The molecule has 0 bridgehead atoms. The first-order chi connectivity index (χ1) is 15.9. The summed E-state index contributed by atoms with van der Waals surface area (Å²) in [4.78, 5) is 34.4. The van der Waals surface area contributed by atoms with E-state index in [0.717, 1.165) is 5.56 Å². The van der Waals surface area contributed by atoms with Crippen molar-refractivity contribution in [2.24, 2.45) is 0 Å². The highest BCUT2D eigenvalue weighted by Crippen LogP contribution is 2.30. The fourth-order valence-electron chi connectivity index (χ4n) is 3.33. The van der Waals surface area contributed by atoms with Gasteiger partial charge in [0, 0.05) is 32.7 Å². The van der Waals surface area contributed by atoms with Crippen LogP contribution in [0.25, 0.3) is 21.9 Å². The third-order valence-corrected chi connectivity index (χ3v) is 4.99. The SMILES string of the molecule is CNc1ncc(C(=O)NCc2noc(C(=O)N(C)C)n2)c2ccc(-c3cccc(F)c3)cc12. The Morgan fingerprint density at radius 1 is 1.09 bits per heavy atom. The number of pyridine rings is 1. The van der Waals surface area contributed by atoms with Gasteiger partial charge in [0.2, 0.25) is 0 Å². The van der Waals surface area contributed by atoms with E-state index in [9.17, 15) is 14.0 Å². The molecule has 2 aromatic heterocycles. The lowest BCUT2D eigenvalue weighted by molar-refractivity contribution is 0.0778. The number of hydrogen-bond acceptors (Lipinski definition) is 7. The number of fused-ring (bicyclic) bond motifs is 1. The van der Waals surface area contributed by atoms with E-state index in [0.29, 0.717) is 27.7 Å². The smallest absolute Gasteiger partial charge is 0.316 e. The lowest BCUT2D eigenvalue weighted by Gasteiger charge is -2.12. The zero-order valence-corrected chi connectivity index (χ0v) is 18.2. The minimum Gasteiger partial charge on any atom is -0.373 e. The molecule has 2 aromatic carbocycles. The molecule has 2 heterocycles. The first kappa shape index (κ1) is 21.9. The van der Waals surface area contributed by atoms with Crippen LogP contribution in [-0.4, -0.2) is 53.0 Å². The predicted octanol–water partition coefficient (Wildman–Crippen LogP) is 3.10. The summed E-state index contributed by atoms with van der Waals surface area (Å²) in [5.74, 6) is -0.536. The molecule has 0 aliphatic carbocycles. The molecule has 2 N–H and O–H groups in total. The second kappa shape index (κ2) is 9.03. The van der Waals surface area contributed by atoms with Crippen molar-refractivity contribution < 1.29 is 18.5 Å². The van der Waals surface area contributed by atoms with E-state index in [1.165, 1.54) is 23.2 Å². The minimum absolute atomic E-state index is 0.0281. The largest absolute Gasteiger partial charge is 0.373 e. The van der Waals surface area contributed by atoms with Gasteiger partial charge in [-0.05, 0) is 34.7 Å². The van der Waals surface area contributed by atoms with Gasteiger partial charge in [-0.15, -0.1) is 0 Å². The molecule has 0 saturated heterocycles. The fraction of sp³-hybridized carbons (Fsp3) is 0.174. The molecule has 0 fully saturated rings. The summed E-state index contributed by atoms with van der Waals surface area (Å²) >= 11 is 0. The van der Waals surface area contributed by atoms with Crippen molar-refractivity contribution in [1.29, 1.82) is 0 Å². The van der Waals surface area contributed by atoms with Gasteiger partial charge in [-0.25, -0.2) is 9.37 Å². The highest BCUT2D eigenvalue weighted by molar-refractivity contribution is 6.10.